The van der Waals surface area contributed by atoms with E-state index in [1.165, 1.54) is 10.2 Å². The van der Waals surface area contributed by atoms with Crippen molar-refractivity contribution in [2.24, 2.45) is 0 Å². The highest BCUT2D eigenvalue weighted by molar-refractivity contribution is 5.42. The van der Waals surface area contributed by atoms with Crippen LogP contribution in [0.5, 0.6) is 0 Å². The van der Waals surface area contributed by atoms with Crippen molar-refractivity contribution in [3.05, 3.63) is 41.3 Å². The normalized spacial score (nSPS) is 25.5. The van der Waals surface area contributed by atoms with Crippen LogP contribution < -0.4 is 5.32 Å². The summed E-state index contributed by atoms with van der Waals surface area (Å²) in [6.45, 7) is 6.61. The molecule has 4 rings (SSSR count). The van der Waals surface area contributed by atoms with Crippen LogP contribution in [0, 0.1) is 6.92 Å². The van der Waals surface area contributed by atoms with Crippen LogP contribution in [0.1, 0.15) is 61.4 Å². The Morgan fingerprint density at radius 3 is 2.86 bits per heavy atom. The van der Waals surface area contributed by atoms with Crippen LogP contribution >= 0.6 is 0 Å². The Hall–Kier alpha value is -2.09. The van der Waals surface area contributed by atoms with Gasteiger partial charge in [-0.1, -0.05) is 6.92 Å². The lowest BCUT2D eigenvalue weighted by Gasteiger charge is -2.33. The van der Waals surface area contributed by atoms with Gasteiger partial charge in [-0.3, -0.25) is 9.88 Å². The van der Waals surface area contributed by atoms with Crippen molar-refractivity contribution in [2.45, 2.75) is 70.3 Å². The van der Waals surface area contributed by atoms with Crippen LogP contribution in [0.3, 0.4) is 0 Å². The Morgan fingerprint density at radius 1 is 1.31 bits per heavy atom. The van der Waals surface area contributed by atoms with Crippen molar-refractivity contribution in [3.63, 3.8) is 0 Å². The Labute approximate surface area is 169 Å². The van der Waals surface area contributed by atoms with E-state index in [1.807, 2.05) is 25.3 Å². The third-order valence-electron chi connectivity index (χ3n) is 6.23. The van der Waals surface area contributed by atoms with Crippen LogP contribution in [0.15, 0.2) is 24.5 Å². The summed E-state index contributed by atoms with van der Waals surface area (Å²) in [5.41, 5.74) is 3.18. The SMILES string of the molecule is CC[C@@H]1C[C@@H](C(F)(F)F)n2nc([C@H]3CCCN(Cc4ccncc4C)C3)cc2N1. The summed E-state index contributed by atoms with van der Waals surface area (Å²) in [6, 6.07) is 2.16. The zero-order valence-corrected chi connectivity index (χ0v) is 16.9. The Balaban J connectivity index is 1.53. The van der Waals surface area contributed by atoms with Gasteiger partial charge in [0.1, 0.15) is 5.82 Å². The topological polar surface area (TPSA) is 46.0 Å². The maximum Gasteiger partial charge on any atom is 0.410 e. The molecule has 1 N–H and O–H groups in total. The van der Waals surface area contributed by atoms with Gasteiger partial charge in [0.25, 0.3) is 0 Å². The highest BCUT2D eigenvalue weighted by Crippen LogP contribution is 2.41. The molecule has 2 aliphatic rings. The molecule has 29 heavy (non-hydrogen) atoms. The predicted octanol–water partition coefficient (Wildman–Crippen LogP) is 4.66. The summed E-state index contributed by atoms with van der Waals surface area (Å²) in [7, 11) is 0. The van der Waals surface area contributed by atoms with E-state index in [-0.39, 0.29) is 18.4 Å². The number of rotatable bonds is 4. The molecule has 2 aromatic rings. The number of halogens is 3. The van der Waals surface area contributed by atoms with Crippen LogP contribution in [0.2, 0.25) is 0 Å². The lowest BCUT2D eigenvalue weighted by Crippen LogP contribution is -2.39. The first-order valence-corrected chi connectivity index (χ1v) is 10.4. The molecular weight excluding hydrogens is 379 g/mol. The van der Waals surface area contributed by atoms with E-state index in [9.17, 15) is 13.2 Å². The number of nitrogens with zero attached hydrogens (tertiary/aromatic N) is 4. The minimum absolute atomic E-state index is 0.0340. The minimum atomic E-state index is -4.29. The second-order valence-corrected chi connectivity index (χ2v) is 8.32. The quantitative estimate of drug-likeness (QED) is 0.801. The number of anilines is 1. The van der Waals surface area contributed by atoms with Gasteiger partial charge in [-0.15, -0.1) is 0 Å². The van der Waals surface area contributed by atoms with Gasteiger partial charge in [-0.25, -0.2) is 4.68 Å². The van der Waals surface area contributed by atoms with Crippen molar-refractivity contribution in [2.75, 3.05) is 18.4 Å². The van der Waals surface area contributed by atoms with E-state index >= 15 is 0 Å². The molecule has 0 saturated carbocycles. The number of pyridine rings is 1. The van der Waals surface area contributed by atoms with E-state index in [2.05, 4.69) is 27.2 Å². The molecule has 0 unspecified atom stereocenters. The van der Waals surface area contributed by atoms with Gasteiger partial charge >= 0.3 is 6.18 Å². The van der Waals surface area contributed by atoms with Crippen molar-refractivity contribution >= 4 is 5.82 Å². The maximum absolute atomic E-state index is 13.6. The van der Waals surface area contributed by atoms with Gasteiger partial charge in [-0.2, -0.15) is 18.3 Å². The summed E-state index contributed by atoms with van der Waals surface area (Å²) < 4.78 is 42.0. The lowest BCUT2D eigenvalue weighted by molar-refractivity contribution is -0.173. The molecule has 0 radical (unpaired) electrons. The van der Waals surface area contributed by atoms with Crippen LogP contribution in [0.25, 0.3) is 0 Å². The molecular formula is C21H28F3N5. The molecule has 0 aromatic carbocycles. The van der Waals surface area contributed by atoms with Crippen molar-refractivity contribution in [1.82, 2.24) is 19.7 Å². The Bertz CT molecular complexity index is 847. The predicted molar refractivity (Wildman–Crippen MR) is 106 cm³/mol. The zero-order valence-electron chi connectivity index (χ0n) is 16.9. The molecule has 0 amide bonds. The number of hydrogen-bond donors (Lipinski definition) is 1. The van der Waals surface area contributed by atoms with Gasteiger partial charge in [0.15, 0.2) is 6.04 Å². The molecule has 0 spiro atoms. The van der Waals surface area contributed by atoms with E-state index < -0.39 is 12.2 Å². The molecule has 8 heteroatoms. The van der Waals surface area contributed by atoms with Crippen LogP contribution in [-0.4, -0.2) is 45.0 Å². The molecule has 158 valence electrons. The minimum Gasteiger partial charge on any atom is -0.367 e. The molecule has 0 aliphatic carbocycles. The van der Waals surface area contributed by atoms with Gasteiger partial charge in [0.05, 0.1) is 5.69 Å². The van der Waals surface area contributed by atoms with Gasteiger partial charge in [0.2, 0.25) is 0 Å². The maximum atomic E-state index is 13.6. The first-order valence-electron chi connectivity index (χ1n) is 10.4. The molecule has 1 fully saturated rings. The average molecular weight is 407 g/mol. The van der Waals surface area contributed by atoms with E-state index in [1.54, 1.807) is 6.20 Å². The van der Waals surface area contributed by atoms with E-state index in [4.69, 9.17) is 0 Å². The summed E-state index contributed by atoms with van der Waals surface area (Å²) in [5.74, 6) is 0.655. The highest BCUT2D eigenvalue weighted by Gasteiger charge is 2.46. The molecule has 5 nitrogen and oxygen atoms in total. The standard InChI is InChI=1S/C21H28F3N5/c1-3-17-9-19(21(22,23)24)29-20(26-17)10-18(27-29)16-5-4-8-28(13-16)12-15-6-7-25-11-14(15)2/h6-7,10-11,16-17,19,26H,3-5,8-9,12-13H2,1-2H3/t16-,17+,19-/m0/s1. The van der Waals surface area contributed by atoms with E-state index in [0.717, 1.165) is 43.7 Å². The largest absolute Gasteiger partial charge is 0.410 e. The van der Waals surface area contributed by atoms with Crippen LogP contribution in [0.4, 0.5) is 19.0 Å². The Morgan fingerprint density at radius 2 is 2.14 bits per heavy atom. The summed E-state index contributed by atoms with van der Waals surface area (Å²) in [4.78, 5) is 6.52. The highest BCUT2D eigenvalue weighted by atomic mass is 19.4. The van der Waals surface area contributed by atoms with Gasteiger partial charge < -0.3 is 5.32 Å². The third-order valence-corrected chi connectivity index (χ3v) is 6.23. The number of alkyl halides is 3. The first-order chi connectivity index (χ1) is 13.8. The number of aryl methyl sites for hydroxylation is 1. The number of nitrogens with one attached hydrogen (secondary N) is 1. The summed E-state index contributed by atoms with van der Waals surface area (Å²) in [5, 5.41) is 7.69. The van der Waals surface area contributed by atoms with Crippen molar-refractivity contribution < 1.29 is 13.2 Å². The van der Waals surface area contributed by atoms with Gasteiger partial charge in [-0.05, 0) is 56.3 Å². The summed E-state index contributed by atoms with van der Waals surface area (Å²) >= 11 is 0. The number of aromatic nitrogens is 3. The van der Waals surface area contributed by atoms with Crippen molar-refractivity contribution in [1.29, 1.82) is 0 Å². The number of likely N-dealkylation sites (tertiary alicyclic amines) is 1. The fraction of sp³-hybridized carbons (Fsp3) is 0.619. The Kier molecular flexibility index (Phi) is 5.55. The zero-order chi connectivity index (χ0) is 20.6. The smallest absolute Gasteiger partial charge is 0.367 e. The van der Waals surface area contributed by atoms with Crippen LogP contribution in [-0.2, 0) is 6.54 Å². The number of piperidine rings is 1. The van der Waals surface area contributed by atoms with Crippen molar-refractivity contribution in [3.8, 4) is 0 Å². The molecule has 1 saturated heterocycles. The second kappa shape index (κ2) is 7.97. The van der Waals surface area contributed by atoms with E-state index in [0.29, 0.717) is 12.2 Å². The molecule has 3 atom stereocenters. The summed E-state index contributed by atoms with van der Waals surface area (Å²) in [6.07, 6.45) is 2.06. The lowest BCUT2D eigenvalue weighted by atomic mass is 9.94. The molecule has 0 bridgehead atoms. The average Bonchev–Trinajstić information content (AvgIpc) is 3.12. The first kappa shape index (κ1) is 20.2. The number of fused-ring (bicyclic) bond motifs is 1. The van der Waals surface area contributed by atoms with Gasteiger partial charge in [0, 0.05) is 43.5 Å². The monoisotopic (exact) mass is 407 g/mol. The fourth-order valence-electron chi connectivity index (χ4n) is 4.50. The third kappa shape index (κ3) is 4.27. The molecule has 2 aliphatic heterocycles. The number of hydrogen-bond acceptors (Lipinski definition) is 4. The fourth-order valence-corrected chi connectivity index (χ4v) is 4.50. The second-order valence-electron chi connectivity index (χ2n) is 8.32. The molecule has 4 heterocycles. The molecule has 2 aromatic heterocycles.